The molecule has 0 radical (unpaired) electrons. The van der Waals surface area contributed by atoms with Crippen molar-refractivity contribution >= 4 is 0 Å². The van der Waals surface area contributed by atoms with Crippen molar-refractivity contribution in [3.8, 4) is 0 Å². The number of unbranched alkanes of at least 4 members (excludes halogenated alkanes) is 11. The maximum atomic E-state index is 12.9. The molecule has 0 spiro atoms. The molecule has 0 aliphatic rings. The molecule has 0 aliphatic heterocycles. The van der Waals surface area contributed by atoms with Gasteiger partial charge in [-0.05, 0) is 49.6 Å². The lowest BCUT2D eigenvalue weighted by molar-refractivity contribution is -0.143. The van der Waals surface area contributed by atoms with E-state index in [4.69, 9.17) is 5.73 Å². The van der Waals surface area contributed by atoms with Gasteiger partial charge in [-0.2, -0.15) is 26.3 Å². The summed E-state index contributed by atoms with van der Waals surface area (Å²) in [5.74, 6) is 0. The Kier molecular flexibility index (Phi) is 11.7. The first-order valence-corrected chi connectivity index (χ1v) is 10.6. The third-order valence-electron chi connectivity index (χ3n) is 5.07. The molecule has 1 aromatic carbocycles. The van der Waals surface area contributed by atoms with Gasteiger partial charge in [-0.3, -0.25) is 0 Å². The fourth-order valence-corrected chi connectivity index (χ4v) is 3.40. The average Bonchev–Trinajstić information content (AvgIpc) is 2.64. The lowest BCUT2D eigenvalue weighted by Gasteiger charge is -2.14. The lowest BCUT2D eigenvalue weighted by Crippen LogP contribution is -2.11. The Labute approximate surface area is 170 Å². The van der Waals surface area contributed by atoms with E-state index >= 15 is 0 Å². The molecule has 0 saturated heterocycles. The summed E-state index contributed by atoms with van der Waals surface area (Å²) in [5.41, 5.74) is 3.09. The SMILES string of the molecule is NCCCCCCCCCCCCCCc1cc(C(F)(F)F)cc(C(F)(F)F)c1. The molecule has 0 bridgehead atoms. The Balaban J connectivity index is 2.24. The van der Waals surface area contributed by atoms with E-state index in [1.54, 1.807) is 0 Å². The Hall–Kier alpha value is -1.24. The van der Waals surface area contributed by atoms with Gasteiger partial charge in [0.05, 0.1) is 11.1 Å². The number of aryl methyl sites for hydroxylation is 1. The second-order valence-electron chi connectivity index (χ2n) is 7.70. The number of hydrogen-bond donors (Lipinski definition) is 1. The molecule has 2 N–H and O–H groups in total. The van der Waals surface area contributed by atoms with Crippen molar-refractivity contribution in [1.82, 2.24) is 0 Å². The lowest BCUT2D eigenvalue weighted by atomic mass is 9.99. The second-order valence-corrected chi connectivity index (χ2v) is 7.70. The van der Waals surface area contributed by atoms with Crippen LogP contribution in [0.25, 0.3) is 0 Å². The molecule has 0 atom stereocenters. The fourth-order valence-electron chi connectivity index (χ4n) is 3.40. The number of nitrogens with two attached hydrogens (primary N) is 1. The minimum atomic E-state index is -4.78. The predicted molar refractivity (Wildman–Crippen MR) is 105 cm³/mol. The number of halogens is 6. The van der Waals surface area contributed by atoms with Gasteiger partial charge in [-0.25, -0.2) is 0 Å². The summed E-state index contributed by atoms with van der Waals surface area (Å²) in [5, 5.41) is 0. The maximum Gasteiger partial charge on any atom is 0.416 e. The van der Waals surface area contributed by atoms with Crippen LogP contribution in [0.15, 0.2) is 18.2 Å². The van der Waals surface area contributed by atoms with Crippen molar-refractivity contribution in [3.63, 3.8) is 0 Å². The van der Waals surface area contributed by atoms with Crippen LogP contribution in [0.4, 0.5) is 26.3 Å². The first-order chi connectivity index (χ1) is 13.6. The van der Waals surface area contributed by atoms with Crippen molar-refractivity contribution < 1.29 is 26.3 Å². The van der Waals surface area contributed by atoms with Crippen LogP contribution in [0, 0.1) is 0 Å². The highest BCUT2D eigenvalue weighted by Gasteiger charge is 2.36. The average molecular weight is 426 g/mol. The van der Waals surface area contributed by atoms with Gasteiger partial charge in [-0.1, -0.05) is 64.2 Å². The van der Waals surface area contributed by atoms with E-state index in [-0.39, 0.29) is 18.1 Å². The van der Waals surface area contributed by atoms with Gasteiger partial charge >= 0.3 is 12.4 Å². The van der Waals surface area contributed by atoms with Crippen molar-refractivity contribution in [2.45, 2.75) is 95.8 Å². The number of rotatable bonds is 14. The molecule has 0 unspecified atom stereocenters. The standard InChI is InChI=1S/C22H33F6N/c23-21(24,25)19-15-18(16-20(17-19)22(26,27)28)13-11-9-7-5-3-1-2-4-6-8-10-12-14-29/h15-17H,1-14,29H2. The van der Waals surface area contributed by atoms with Crippen LogP contribution in [-0.4, -0.2) is 6.54 Å². The topological polar surface area (TPSA) is 26.0 Å². The van der Waals surface area contributed by atoms with Gasteiger partial charge in [0, 0.05) is 0 Å². The van der Waals surface area contributed by atoms with E-state index in [9.17, 15) is 26.3 Å². The molecule has 0 heterocycles. The summed E-state index contributed by atoms with van der Waals surface area (Å²) in [6.07, 6.45) is 3.65. The molecule has 1 nitrogen and oxygen atoms in total. The Morgan fingerprint density at radius 3 is 1.21 bits per heavy atom. The Morgan fingerprint density at radius 1 is 0.517 bits per heavy atom. The molecule has 29 heavy (non-hydrogen) atoms. The molecular weight excluding hydrogens is 392 g/mol. The summed E-state index contributed by atoms with van der Waals surface area (Å²) < 4.78 is 77.1. The summed E-state index contributed by atoms with van der Waals surface area (Å²) >= 11 is 0. The molecule has 0 fully saturated rings. The zero-order valence-corrected chi connectivity index (χ0v) is 17.0. The second kappa shape index (κ2) is 13.1. The monoisotopic (exact) mass is 425 g/mol. The predicted octanol–water partition coefficient (Wildman–Crippen LogP) is 7.91. The molecule has 1 rings (SSSR count). The molecule has 0 amide bonds. The first kappa shape index (κ1) is 25.8. The molecule has 1 aromatic rings. The third-order valence-corrected chi connectivity index (χ3v) is 5.07. The van der Waals surface area contributed by atoms with Crippen LogP contribution >= 0.6 is 0 Å². The third kappa shape index (κ3) is 11.5. The van der Waals surface area contributed by atoms with Crippen molar-refractivity contribution in [3.05, 3.63) is 34.9 Å². The molecule has 0 saturated carbocycles. The molecule has 7 heteroatoms. The number of alkyl halides is 6. The quantitative estimate of drug-likeness (QED) is 0.238. The van der Waals surface area contributed by atoms with Crippen molar-refractivity contribution in [2.24, 2.45) is 5.73 Å². The largest absolute Gasteiger partial charge is 0.416 e. The number of hydrogen-bond acceptors (Lipinski definition) is 1. The van der Waals surface area contributed by atoms with E-state index < -0.39 is 23.5 Å². The normalized spacial score (nSPS) is 12.5. The molecule has 0 aromatic heterocycles. The van der Waals surface area contributed by atoms with E-state index in [0.717, 1.165) is 50.8 Å². The van der Waals surface area contributed by atoms with Crippen LogP contribution in [0.5, 0.6) is 0 Å². The van der Waals surface area contributed by atoms with Gasteiger partial charge in [0.25, 0.3) is 0 Å². The van der Waals surface area contributed by atoms with Gasteiger partial charge in [0.2, 0.25) is 0 Å². The highest BCUT2D eigenvalue weighted by molar-refractivity contribution is 5.33. The summed E-state index contributed by atoms with van der Waals surface area (Å²) in [7, 11) is 0. The highest BCUT2D eigenvalue weighted by atomic mass is 19.4. The van der Waals surface area contributed by atoms with E-state index in [2.05, 4.69) is 0 Å². The van der Waals surface area contributed by atoms with E-state index in [0.29, 0.717) is 6.42 Å². The van der Waals surface area contributed by atoms with Crippen LogP contribution in [-0.2, 0) is 18.8 Å². The van der Waals surface area contributed by atoms with Gasteiger partial charge < -0.3 is 5.73 Å². The van der Waals surface area contributed by atoms with Gasteiger partial charge in [-0.15, -0.1) is 0 Å². The van der Waals surface area contributed by atoms with Crippen molar-refractivity contribution in [1.29, 1.82) is 0 Å². The fraction of sp³-hybridized carbons (Fsp3) is 0.727. The van der Waals surface area contributed by atoms with Gasteiger partial charge in [0.15, 0.2) is 0 Å². The smallest absolute Gasteiger partial charge is 0.330 e. The zero-order valence-electron chi connectivity index (χ0n) is 17.0. The van der Waals surface area contributed by atoms with Gasteiger partial charge in [0.1, 0.15) is 0 Å². The minimum absolute atomic E-state index is 0.0989. The molecule has 0 aliphatic carbocycles. The first-order valence-electron chi connectivity index (χ1n) is 10.6. The Morgan fingerprint density at radius 2 is 0.862 bits per heavy atom. The van der Waals surface area contributed by atoms with Crippen molar-refractivity contribution in [2.75, 3.05) is 6.54 Å². The molecular formula is C22H33F6N. The number of benzene rings is 1. The van der Waals surface area contributed by atoms with Crippen LogP contribution in [0.2, 0.25) is 0 Å². The summed E-state index contributed by atoms with van der Waals surface area (Å²) in [4.78, 5) is 0. The zero-order chi connectivity index (χ0) is 21.8. The summed E-state index contributed by atoms with van der Waals surface area (Å²) in [6.45, 7) is 0.761. The van der Waals surface area contributed by atoms with Crippen LogP contribution < -0.4 is 5.73 Å². The highest BCUT2D eigenvalue weighted by Crippen LogP contribution is 2.36. The molecule has 168 valence electrons. The Bertz CT molecular complexity index is 533. The van der Waals surface area contributed by atoms with Crippen LogP contribution in [0.3, 0.4) is 0 Å². The maximum absolute atomic E-state index is 12.9. The van der Waals surface area contributed by atoms with E-state index in [1.165, 1.54) is 38.5 Å². The van der Waals surface area contributed by atoms with E-state index in [1.807, 2.05) is 0 Å². The minimum Gasteiger partial charge on any atom is -0.330 e. The summed E-state index contributed by atoms with van der Waals surface area (Å²) in [6, 6.07) is 1.85. The van der Waals surface area contributed by atoms with Crippen LogP contribution in [0.1, 0.15) is 93.7 Å².